The number of fused-ring (bicyclic) bond motifs is 1. The van der Waals surface area contributed by atoms with Crippen molar-refractivity contribution in [3.05, 3.63) is 161 Å². The molecule has 5 rings (SSSR count). The summed E-state index contributed by atoms with van der Waals surface area (Å²) in [6.45, 7) is 10.6. The van der Waals surface area contributed by atoms with E-state index < -0.39 is 5.41 Å². The van der Waals surface area contributed by atoms with Crippen molar-refractivity contribution < 1.29 is 0 Å². The first kappa shape index (κ1) is 22.9. The molecule has 1 atom stereocenters. The minimum Gasteiger partial charge on any atom is -0.0991 e. The monoisotopic (exact) mass is 452 g/mol. The number of benzene rings is 4. The van der Waals surface area contributed by atoms with Gasteiger partial charge in [-0.2, -0.15) is 0 Å². The van der Waals surface area contributed by atoms with Crippen LogP contribution in [0.3, 0.4) is 0 Å². The van der Waals surface area contributed by atoms with Crippen LogP contribution in [0.4, 0.5) is 0 Å². The third-order valence-corrected chi connectivity index (χ3v) is 7.42. The lowest BCUT2D eigenvalue weighted by atomic mass is 9.66. The second-order valence-electron chi connectivity index (χ2n) is 9.43. The minimum absolute atomic E-state index is 0.399. The van der Waals surface area contributed by atoms with Crippen LogP contribution < -0.4 is 0 Å². The molecule has 4 aromatic rings. The summed E-state index contributed by atoms with van der Waals surface area (Å²) in [5.41, 5.74) is 12.6. The van der Waals surface area contributed by atoms with E-state index in [1.54, 1.807) is 0 Å². The van der Waals surface area contributed by atoms with E-state index in [9.17, 15) is 0 Å². The van der Waals surface area contributed by atoms with E-state index in [1.165, 1.54) is 55.7 Å². The lowest BCUT2D eigenvalue weighted by Crippen LogP contribution is -2.29. The van der Waals surface area contributed by atoms with E-state index in [0.717, 1.165) is 6.42 Å². The van der Waals surface area contributed by atoms with Crippen molar-refractivity contribution in [3.63, 3.8) is 0 Å². The van der Waals surface area contributed by atoms with Crippen LogP contribution in [0, 0.1) is 6.92 Å². The van der Waals surface area contributed by atoms with Gasteiger partial charge in [-0.15, -0.1) is 0 Å². The maximum Gasteiger partial charge on any atom is 0.0710 e. The number of allylic oxidation sites excluding steroid dienone is 5. The van der Waals surface area contributed by atoms with Crippen LogP contribution in [0.2, 0.25) is 0 Å². The van der Waals surface area contributed by atoms with Crippen molar-refractivity contribution in [2.75, 3.05) is 0 Å². The summed E-state index contributed by atoms with van der Waals surface area (Å²) in [5.74, 6) is 0. The summed E-state index contributed by atoms with van der Waals surface area (Å²) in [6.07, 6.45) is 7.24. The van der Waals surface area contributed by atoms with Crippen LogP contribution in [0.15, 0.2) is 127 Å². The molecular formula is C35H32. The van der Waals surface area contributed by atoms with Crippen LogP contribution in [0.25, 0.3) is 16.7 Å². The second kappa shape index (κ2) is 9.39. The summed E-state index contributed by atoms with van der Waals surface area (Å²) in [7, 11) is 0. The van der Waals surface area contributed by atoms with E-state index in [1.807, 2.05) is 6.08 Å². The summed E-state index contributed by atoms with van der Waals surface area (Å²) in [5, 5.41) is 0. The Kier molecular flexibility index (Phi) is 6.14. The maximum absolute atomic E-state index is 3.97. The van der Waals surface area contributed by atoms with Crippen molar-refractivity contribution in [2.45, 2.75) is 32.6 Å². The summed E-state index contributed by atoms with van der Waals surface area (Å²) < 4.78 is 0. The first-order valence-electron chi connectivity index (χ1n) is 12.5. The first-order chi connectivity index (χ1) is 17.1. The highest BCUT2D eigenvalue weighted by molar-refractivity contribution is 5.88. The number of hydrogen-bond donors (Lipinski definition) is 0. The molecule has 0 radical (unpaired) electrons. The molecule has 0 aliphatic heterocycles. The van der Waals surface area contributed by atoms with Crippen molar-refractivity contribution in [3.8, 4) is 11.1 Å². The molecule has 0 amide bonds. The zero-order valence-corrected chi connectivity index (χ0v) is 20.9. The van der Waals surface area contributed by atoms with Crippen LogP contribution in [-0.2, 0) is 11.8 Å². The van der Waals surface area contributed by atoms with Gasteiger partial charge in [0.05, 0.1) is 5.41 Å². The largest absolute Gasteiger partial charge is 0.0991 e. The zero-order valence-electron chi connectivity index (χ0n) is 20.9. The molecule has 0 heteroatoms. The fourth-order valence-electron chi connectivity index (χ4n) is 5.56. The Morgan fingerprint density at radius 1 is 0.743 bits per heavy atom. The topological polar surface area (TPSA) is 0 Å². The third kappa shape index (κ3) is 3.80. The molecule has 0 saturated carbocycles. The average Bonchev–Trinajstić information content (AvgIpc) is 3.16. The SMILES string of the molecule is C=C/C=C\C1=C(C)c2ccc(-c3ccccc3)cc2C1(c1ccc(C)cc1)c1ccc(CC)cc1. The van der Waals surface area contributed by atoms with Gasteiger partial charge in [0.25, 0.3) is 0 Å². The smallest absolute Gasteiger partial charge is 0.0710 e. The fraction of sp³-hybridized carbons (Fsp3) is 0.143. The van der Waals surface area contributed by atoms with Gasteiger partial charge in [0.15, 0.2) is 0 Å². The molecule has 0 aromatic heterocycles. The Labute approximate surface area is 210 Å². The summed E-state index contributed by atoms with van der Waals surface area (Å²) in [4.78, 5) is 0. The van der Waals surface area contributed by atoms with E-state index >= 15 is 0 Å². The lowest BCUT2D eigenvalue weighted by Gasteiger charge is -2.35. The maximum atomic E-state index is 3.97. The molecule has 0 nitrogen and oxygen atoms in total. The van der Waals surface area contributed by atoms with Gasteiger partial charge in [0.2, 0.25) is 0 Å². The molecule has 172 valence electrons. The van der Waals surface area contributed by atoms with Gasteiger partial charge in [-0.05, 0) is 76.4 Å². The van der Waals surface area contributed by atoms with Crippen LogP contribution >= 0.6 is 0 Å². The Morgan fingerprint density at radius 3 is 2.03 bits per heavy atom. The zero-order chi connectivity index (χ0) is 24.4. The Bertz CT molecular complexity index is 1410. The van der Waals surface area contributed by atoms with Crippen molar-refractivity contribution in [1.82, 2.24) is 0 Å². The molecule has 1 aliphatic carbocycles. The normalized spacial score (nSPS) is 17.1. The van der Waals surface area contributed by atoms with Gasteiger partial charge in [0.1, 0.15) is 0 Å². The predicted octanol–water partition coefficient (Wildman–Crippen LogP) is 9.09. The number of rotatable bonds is 6. The van der Waals surface area contributed by atoms with Crippen molar-refractivity contribution in [1.29, 1.82) is 0 Å². The molecule has 0 fully saturated rings. The van der Waals surface area contributed by atoms with Gasteiger partial charge < -0.3 is 0 Å². The molecule has 1 aliphatic rings. The lowest BCUT2D eigenvalue weighted by molar-refractivity contribution is 0.760. The molecule has 0 spiro atoms. The predicted molar refractivity (Wildman–Crippen MR) is 151 cm³/mol. The van der Waals surface area contributed by atoms with Gasteiger partial charge in [-0.1, -0.05) is 128 Å². The Morgan fingerprint density at radius 2 is 1.40 bits per heavy atom. The van der Waals surface area contributed by atoms with Gasteiger partial charge in [-0.3, -0.25) is 0 Å². The van der Waals surface area contributed by atoms with E-state index in [4.69, 9.17) is 0 Å². The van der Waals surface area contributed by atoms with Gasteiger partial charge in [-0.25, -0.2) is 0 Å². The van der Waals surface area contributed by atoms with Gasteiger partial charge >= 0.3 is 0 Å². The van der Waals surface area contributed by atoms with E-state index in [-0.39, 0.29) is 0 Å². The first-order valence-corrected chi connectivity index (χ1v) is 12.5. The Hall–Kier alpha value is -3.90. The van der Waals surface area contributed by atoms with E-state index in [0.29, 0.717) is 0 Å². The van der Waals surface area contributed by atoms with Crippen LogP contribution in [-0.4, -0.2) is 0 Å². The molecule has 4 aromatic carbocycles. The minimum atomic E-state index is -0.399. The standard InChI is InChI=1S/C35H32/c1-5-7-13-33-26(4)32-23-18-29(28-11-9-8-10-12-28)24-34(32)35(33,30-19-14-25(3)15-20-30)31-21-16-27(6-2)17-22-31/h5,7-24H,1,6H2,2-4H3/b13-7-. The van der Waals surface area contributed by atoms with E-state index in [2.05, 4.69) is 137 Å². The highest BCUT2D eigenvalue weighted by Crippen LogP contribution is 2.55. The van der Waals surface area contributed by atoms with Gasteiger partial charge in [0, 0.05) is 0 Å². The van der Waals surface area contributed by atoms with Crippen molar-refractivity contribution in [2.24, 2.45) is 0 Å². The van der Waals surface area contributed by atoms with Crippen molar-refractivity contribution >= 4 is 5.57 Å². The van der Waals surface area contributed by atoms with Crippen LogP contribution in [0.1, 0.15) is 47.2 Å². The highest BCUT2D eigenvalue weighted by Gasteiger charge is 2.46. The third-order valence-electron chi connectivity index (χ3n) is 7.42. The fourth-order valence-corrected chi connectivity index (χ4v) is 5.56. The summed E-state index contributed by atoms with van der Waals surface area (Å²) in [6, 6.07) is 36.0. The molecule has 0 heterocycles. The molecule has 0 saturated heterocycles. The molecule has 1 unspecified atom stereocenters. The number of aryl methyl sites for hydroxylation is 2. The Balaban J connectivity index is 1.88. The molecule has 35 heavy (non-hydrogen) atoms. The average molecular weight is 453 g/mol. The second-order valence-corrected chi connectivity index (χ2v) is 9.43. The van der Waals surface area contributed by atoms with Crippen LogP contribution in [0.5, 0.6) is 0 Å². The highest BCUT2D eigenvalue weighted by atomic mass is 14.5. The quantitative estimate of drug-likeness (QED) is 0.256. The molecule has 0 N–H and O–H groups in total. The summed E-state index contributed by atoms with van der Waals surface area (Å²) >= 11 is 0. The molecule has 0 bridgehead atoms. The molecular weight excluding hydrogens is 420 g/mol. The number of hydrogen-bond acceptors (Lipinski definition) is 0.